The molecule has 0 saturated carbocycles. The van der Waals surface area contributed by atoms with E-state index in [1.165, 1.54) is 24.3 Å². The molecule has 0 saturated heterocycles. The van der Waals surface area contributed by atoms with Crippen LogP contribution in [0.15, 0.2) is 24.3 Å². The lowest BCUT2D eigenvalue weighted by Crippen LogP contribution is -2.40. The lowest BCUT2D eigenvalue weighted by molar-refractivity contribution is -0.140. The number of hydrazine groups is 1. The maximum atomic E-state index is 12.6. The van der Waals surface area contributed by atoms with Gasteiger partial charge in [-0.2, -0.15) is 13.2 Å². The number of hydrogen-bond acceptors (Lipinski definition) is 2. The Hall–Kier alpha value is -1.14. The molecule has 0 fully saturated rings. The zero-order chi connectivity index (χ0) is 12.2. The Morgan fingerprint density at radius 2 is 1.75 bits per heavy atom. The Morgan fingerprint density at radius 3 is 2.19 bits per heavy atom. The topological polar surface area (TPSA) is 38.0 Å². The predicted octanol–water partition coefficient (Wildman–Crippen LogP) is 2.15. The molecule has 0 aliphatic rings. The van der Waals surface area contributed by atoms with Crippen LogP contribution in [-0.2, 0) is 6.42 Å². The van der Waals surface area contributed by atoms with Gasteiger partial charge in [0.25, 0.3) is 0 Å². The summed E-state index contributed by atoms with van der Waals surface area (Å²) in [7, 11) is 0. The normalized spacial score (nSPS) is 13.8. The smallest absolute Gasteiger partial charge is 0.271 e. The standard InChI is InChI=1S/C10H12F4N2/c11-8-3-1-7(2-4-8)5-9(16-15)6-10(12,13)14/h1-4,9,16H,5-6,15H2. The van der Waals surface area contributed by atoms with Crippen LogP contribution in [0.4, 0.5) is 17.6 Å². The van der Waals surface area contributed by atoms with E-state index in [1.54, 1.807) is 0 Å². The lowest BCUT2D eigenvalue weighted by Gasteiger charge is -2.17. The number of nitrogens with two attached hydrogens (primary N) is 1. The van der Waals surface area contributed by atoms with Crippen LogP contribution in [0.1, 0.15) is 12.0 Å². The van der Waals surface area contributed by atoms with E-state index in [4.69, 9.17) is 5.84 Å². The molecular weight excluding hydrogens is 224 g/mol. The fraction of sp³-hybridized carbons (Fsp3) is 0.400. The van der Waals surface area contributed by atoms with Crippen molar-refractivity contribution in [1.82, 2.24) is 5.43 Å². The summed E-state index contributed by atoms with van der Waals surface area (Å²) >= 11 is 0. The highest BCUT2D eigenvalue weighted by molar-refractivity contribution is 5.17. The molecular formula is C10H12F4N2. The van der Waals surface area contributed by atoms with Crippen molar-refractivity contribution in [3.8, 4) is 0 Å². The zero-order valence-corrected chi connectivity index (χ0v) is 8.39. The van der Waals surface area contributed by atoms with Crippen LogP contribution in [0.25, 0.3) is 0 Å². The number of hydrogen-bond donors (Lipinski definition) is 2. The first kappa shape index (κ1) is 12.9. The Labute approximate surface area is 90.4 Å². The van der Waals surface area contributed by atoms with Crippen molar-refractivity contribution < 1.29 is 17.6 Å². The van der Waals surface area contributed by atoms with Gasteiger partial charge >= 0.3 is 6.18 Å². The molecule has 0 heterocycles. The molecule has 0 bridgehead atoms. The Bertz CT molecular complexity index is 321. The van der Waals surface area contributed by atoms with E-state index in [9.17, 15) is 17.6 Å². The quantitative estimate of drug-likeness (QED) is 0.477. The second kappa shape index (κ2) is 5.27. The summed E-state index contributed by atoms with van der Waals surface area (Å²) in [6, 6.07) is 4.39. The van der Waals surface area contributed by atoms with Crippen LogP contribution in [0.5, 0.6) is 0 Å². The third-order valence-corrected chi connectivity index (χ3v) is 2.11. The largest absolute Gasteiger partial charge is 0.390 e. The summed E-state index contributed by atoms with van der Waals surface area (Å²) in [6.45, 7) is 0. The van der Waals surface area contributed by atoms with Gasteiger partial charge < -0.3 is 0 Å². The van der Waals surface area contributed by atoms with Gasteiger partial charge in [0.1, 0.15) is 5.82 Å². The fourth-order valence-electron chi connectivity index (χ4n) is 1.37. The molecule has 0 radical (unpaired) electrons. The molecule has 1 aromatic rings. The third kappa shape index (κ3) is 4.59. The summed E-state index contributed by atoms with van der Waals surface area (Å²) in [4.78, 5) is 0. The predicted molar refractivity (Wildman–Crippen MR) is 51.9 cm³/mol. The van der Waals surface area contributed by atoms with Crippen LogP contribution in [0, 0.1) is 5.82 Å². The number of rotatable bonds is 4. The summed E-state index contributed by atoms with van der Waals surface area (Å²) in [5.41, 5.74) is 2.71. The molecule has 1 rings (SSSR count). The minimum atomic E-state index is -4.27. The van der Waals surface area contributed by atoms with E-state index < -0.39 is 24.5 Å². The molecule has 2 nitrogen and oxygen atoms in total. The maximum Gasteiger partial charge on any atom is 0.390 e. The summed E-state index contributed by atoms with van der Waals surface area (Å²) in [6.07, 6.45) is -5.17. The van der Waals surface area contributed by atoms with E-state index in [2.05, 4.69) is 5.43 Å². The average Bonchev–Trinajstić information content (AvgIpc) is 2.18. The van der Waals surface area contributed by atoms with Crippen molar-refractivity contribution in [3.63, 3.8) is 0 Å². The summed E-state index contributed by atoms with van der Waals surface area (Å²) < 4.78 is 48.9. The molecule has 0 spiro atoms. The van der Waals surface area contributed by atoms with E-state index >= 15 is 0 Å². The van der Waals surface area contributed by atoms with Gasteiger partial charge in [-0.3, -0.25) is 11.3 Å². The molecule has 3 N–H and O–H groups in total. The number of nitrogens with one attached hydrogen (secondary N) is 1. The zero-order valence-electron chi connectivity index (χ0n) is 8.39. The number of halogens is 4. The van der Waals surface area contributed by atoms with Gasteiger partial charge in [-0.1, -0.05) is 12.1 Å². The van der Waals surface area contributed by atoms with E-state index in [1.807, 2.05) is 0 Å². The second-order valence-corrected chi connectivity index (χ2v) is 3.51. The number of benzene rings is 1. The highest BCUT2D eigenvalue weighted by Crippen LogP contribution is 2.22. The molecule has 0 aliphatic heterocycles. The lowest BCUT2D eigenvalue weighted by atomic mass is 10.0. The van der Waals surface area contributed by atoms with Crippen molar-refractivity contribution in [2.24, 2.45) is 5.84 Å². The first-order chi connectivity index (χ1) is 7.40. The molecule has 90 valence electrons. The van der Waals surface area contributed by atoms with Gasteiger partial charge in [0.05, 0.1) is 6.42 Å². The summed E-state index contributed by atoms with van der Waals surface area (Å²) in [5.74, 6) is 4.61. The van der Waals surface area contributed by atoms with Crippen LogP contribution in [0.2, 0.25) is 0 Å². The fourth-order valence-corrected chi connectivity index (χ4v) is 1.37. The van der Waals surface area contributed by atoms with Crippen LogP contribution in [-0.4, -0.2) is 12.2 Å². The van der Waals surface area contributed by atoms with E-state index in [0.29, 0.717) is 5.56 Å². The van der Waals surface area contributed by atoms with Gasteiger partial charge in [-0.25, -0.2) is 4.39 Å². The van der Waals surface area contributed by atoms with Crippen LogP contribution < -0.4 is 11.3 Å². The molecule has 0 aliphatic carbocycles. The van der Waals surface area contributed by atoms with Gasteiger partial charge in [-0.15, -0.1) is 0 Å². The third-order valence-electron chi connectivity index (χ3n) is 2.11. The van der Waals surface area contributed by atoms with E-state index in [-0.39, 0.29) is 6.42 Å². The highest BCUT2D eigenvalue weighted by Gasteiger charge is 2.31. The first-order valence-corrected chi connectivity index (χ1v) is 4.68. The minimum absolute atomic E-state index is 0.107. The van der Waals surface area contributed by atoms with Gasteiger partial charge in [0.15, 0.2) is 0 Å². The van der Waals surface area contributed by atoms with Crippen LogP contribution in [0.3, 0.4) is 0 Å². The molecule has 16 heavy (non-hydrogen) atoms. The van der Waals surface area contributed by atoms with Crippen LogP contribution >= 0.6 is 0 Å². The average molecular weight is 236 g/mol. The molecule has 1 aromatic carbocycles. The van der Waals surface area contributed by atoms with Crippen molar-refractivity contribution in [2.75, 3.05) is 0 Å². The minimum Gasteiger partial charge on any atom is -0.271 e. The molecule has 1 atom stereocenters. The van der Waals surface area contributed by atoms with Crippen molar-refractivity contribution in [3.05, 3.63) is 35.6 Å². The van der Waals surface area contributed by atoms with Gasteiger partial charge in [-0.05, 0) is 24.1 Å². The highest BCUT2D eigenvalue weighted by atomic mass is 19.4. The molecule has 6 heteroatoms. The van der Waals surface area contributed by atoms with Crippen molar-refractivity contribution >= 4 is 0 Å². The van der Waals surface area contributed by atoms with Gasteiger partial charge in [0, 0.05) is 6.04 Å². The van der Waals surface area contributed by atoms with Gasteiger partial charge in [0.2, 0.25) is 0 Å². The van der Waals surface area contributed by atoms with Crippen molar-refractivity contribution in [1.29, 1.82) is 0 Å². The molecule has 0 amide bonds. The Morgan fingerprint density at radius 1 is 1.19 bits per heavy atom. The Balaban J connectivity index is 2.60. The number of alkyl halides is 3. The molecule has 1 unspecified atom stereocenters. The van der Waals surface area contributed by atoms with E-state index in [0.717, 1.165) is 0 Å². The monoisotopic (exact) mass is 236 g/mol. The summed E-state index contributed by atoms with van der Waals surface area (Å²) in [5, 5.41) is 0. The second-order valence-electron chi connectivity index (χ2n) is 3.51. The Kier molecular flexibility index (Phi) is 4.26. The SMILES string of the molecule is NNC(Cc1ccc(F)cc1)CC(F)(F)F. The first-order valence-electron chi connectivity index (χ1n) is 4.68. The molecule has 0 aromatic heterocycles. The maximum absolute atomic E-state index is 12.6. The van der Waals surface area contributed by atoms with Crippen molar-refractivity contribution in [2.45, 2.75) is 25.1 Å².